The molecule has 0 aromatic carbocycles. The first-order chi connectivity index (χ1) is 4.81. The molecule has 0 radical (unpaired) electrons. The molecule has 0 fully saturated rings. The molecular weight excluding hydrogens is 120 g/mol. The Morgan fingerprint density at radius 1 is 1.40 bits per heavy atom. The fraction of sp³-hybridized carbons (Fsp3) is 0.400. The maximum atomic E-state index is 3.68. The minimum Gasteiger partial charge on any atom is -0.103 e. The summed E-state index contributed by atoms with van der Waals surface area (Å²) < 4.78 is 0. The molecule has 0 aliphatic carbocycles. The van der Waals surface area contributed by atoms with E-state index in [1.807, 2.05) is 25.2 Å². The van der Waals surface area contributed by atoms with E-state index in [9.17, 15) is 0 Å². The van der Waals surface area contributed by atoms with Crippen LogP contribution in [0.3, 0.4) is 0 Å². The van der Waals surface area contributed by atoms with E-state index < -0.39 is 0 Å². The third-order valence-electron chi connectivity index (χ3n) is 1.28. The highest BCUT2D eigenvalue weighted by atomic mass is 13.9. The van der Waals surface area contributed by atoms with Gasteiger partial charge in [0.15, 0.2) is 0 Å². The molecule has 0 N–H and O–H groups in total. The van der Waals surface area contributed by atoms with Crippen molar-refractivity contribution in [1.29, 1.82) is 0 Å². The molecule has 0 saturated heterocycles. The van der Waals surface area contributed by atoms with E-state index in [2.05, 4.69) is 25.7 Å². The highest BCUT2D eigenvalue weighted by Gasteiger charge is 1.88. The maximum Gasteiger partial charge on any atom is -0.0224 e. The van der Waals surface area contributed by atoms with E-state index in [-0.39, 0.29) is 0 Å². The average molecular weight is 136 g/mol. The van der Waals surface area contributed by atoms with Crippen molar-refractivity contribution in [1.82, 2.24) is 0 Å². The summed E-state index contributed by atoms with van der Waals surface area (Å²) in [4.78, 5) is 0. The van der Waals surface area contributed by atoms with Crippen molar-refractivity contribution in [2.24, 2.45) is 5.92 Å². The highest BCUT2D eigenvalue weighted by Crippen LogP contribution is 2.03. The Morgan fingerprint density at radius 3 is 2.60 bits per heavy atom. The molecule has 0 heteroatoms. The van der Waals surface area contributed by atoms with Crippen LogP contribution < -0.4 is 0 Å². The molecular formula is C10H16. The largest absolute Gasteiger partial charge is 0.103 e. The minimum atomic E-state index is 0.619. The van der Waals surface area contributed by atoms with Crippen LogP contribution in [0, 0.1) is 5.92 Å². The van der Waals surface area contributed by atoms with Gasteiger partial charge >= 0.3 is 0 Å². The van der Waals surface area contributed by atoms with Crippen LogP contribution >= 0.6 is 0 Å². The smallest absolute Gasteiger partial charge is 0.0224 e. The first-order valence-electron chi connectivity index (χ1n) is 3.71. The summed E-state index contributed by atoms with van der Waals surface area (Å²) in [5.41, 5.74) is 0. The van der Waals surface area contributed by atoms with Gasteiger partial charge in [-0.1, -0.05) is 37.3 Å². The third-order valence-corrected chi connectivity index (χ3v) is 1.28. The SMILES string of the molecule is C=CCC(C)/C=C/C=C/C. The number of hydrogen-bond acceptors (Lipinski definition) is 0. The molecule has 0 aromatic rings. The van der Waals surface area contributed by atoms with Gasteiger partial charge in [-0.25, -0.2) is 0 Å². The zero-order valence-corrected chi connectivity index (χ0v) is 6.88. The number of allylic oxidation sites excluding steroid dienone is 5. The molecule has 0 spiro atoms. The molecule has 0 aliphatic rings. The van der Waals surface area contributed by atoms with Crippen LogP contribution in [0.5, 0.6) is 0 Å². The van der Waals surface area contributed by atoms with Crippen LogP contribution in [0.1, 0.15) is 20.3 Å². The second kappa shape index (κ2) is 6.34. The fourth-order valence-electron chi connectivity index (χ4n) is 0.706. The van der Waals surface area contributed by atoms with Crippen molar-refractivity contribution in [2.75, 3.05) is 0 Å². The summed E-state index contributed by atoms with van der Waals surface area (Å²) in [6.07, 6.45) is 11.3. The van der Waals surface area contributed by atoms with Crippen molar-refractivity contribution in [3.8, 4) is 0 Å². The molecule has 0 saturated carbocycles. The van der Waals surface area contributed by atoms with Gasteiger partial charge < -0.3 is 0 Å². The standard InChI is InChI=1S/C10H16/c1-4-6-7-9-10(3)8-5-2/h4-7,9-10H,2,8H2,1,3H3/b6-4+,9-7+. The average Bonchev–Trinajstić information content (AvgIpc) is 1.89. The molecule has 10 heavy (non-hydrogen) atoms. The van der Waals surface area contributed by atoms with E-state index >= 15 is 0 Å². The normalized spacial score (nSPS) is 14.6. The fourth-order valence-corrected chi connectivity index (χ4v) is 0.706. The second-order valence-corrected chi connectivity index (χ2v) is 2.41. The summed E-state index contributed by atoms with van der Waals surface area (Å²) in [6.45, 7) is 7.88. The van der Waals surface area contributed by atoms with Crippen molar-refractivity contribution >= 4 is 0 Å². The van der Waals surface area contributed by atoms with E-state index in [1.165, 1.54) is 0 Å². The Hall–Kier alpha value is -0.780. The molecule has 0 heterocycles. The Balaban J connectivity index is 3.54. The lowest BCUT2D eigenvalue weighted by Crippen LogP contribution is -1.83. The minimum absolute atomic E-state index is 0.619. The van der Waals surface area contributed by atoms with Gasteiger partial charge in [0.25, 0.3) is 0 Å². The topological polar surface area (TPSA) is 0 Å². The van der Waals surface area contributed by atoms with Gasteiger partial charge in [-0.15, -0.1) is 6.58 Å². The van der Waals surface area contributed by atoms with Crippen LogP contribution in [-0.2, 0) is 0 Å². The monoisotopic (exact) mass is 136 g/mol. The van der Waals surface area contributed by atoms with Gasteiger partial charge in [0.1, 0.15) is 0 Å². The Kier molecular flexibility index (Phi) is 5.85. The summed E-state index contributed by atoms with van der Waals surface area (Å²) in [7, 11) is 0. The van der Waals surface area contributed by atoms with Crippen LogP contribution in [0.25, 0.3) is 0 Å². The molecule has 0 aliphatic heterocycles. The van der Waals surface area contributed by atoms with Crippen molar-refractivity contribution in [2.45, 2.75) is 20.3 Å². The van der Waals surface area contributed by atoms with Crippen molar-refractivity contribution in [3.05, 3.63) is 37.0 Å². The number of hydrogen-bond donors (Lipinski definition) is 0. The summed E-state index contributed by atoms with van der Waals surface area (Å²) >= 11 is 0. The first-order valence-corrected chi connectivity index (χ1v) is 3.71. The van der Waals surface area contributed by atoms with Gasteiger partial charge in [-0.2, -0.15) is 0 Å². The zero-order chi connectivity index (χ0) is 7.82. The predicted molar refractivity (Wildman–Crippen MR) is 47.9 cm³/mol. The van der Waals surface area contributed by atoms with Gasteiger partial charge in [0, 0.05) is 0 Å². The van der Waals surface area contributed by atoms with Crippen LogP contribution in [0.4, 0.5) is 0 Å². The molecule has 0 bridgehead atoms. The summed E-state index contributed by atoms with van der Waals surface area (Å²) in [5.74, 6) is 0.619. The Morgan fingerprint density at radius 2 is 2.10 bits per heavy atom. The van der Waals surface area contributed by atoms with Crippen LogP contribution in [-0.4, -0.2) is 0 Å². The summed E-state index contributed by atoms with van der Waals surface area (Å²) in [5, 5.41) is 0. The second-order valence-electron chi connectivity index (χ2n) is 2.41. The highest BCUT2D eigenvalue weighted by molar-refractivity contribution is 5.03. The molecule has 0 aromatic heterocycles. The van der Waals surface area contributed by atoms with E-state index in [1.54, 1.807) is 0 Å². The van der Waals surface area contributed by atoms with Gasteiger partial charge in [0.05, 0.1) is 0 Å². The first kappa shape index (κ1) is 9.22. The van der Waals surface area contributed by atoms with Crippen LogP contribution in [0.15, 0.2) is 37.0 Å². The molecule has 56 valence electrons. The van der Waals surface area contributed by atoms with Crippen molar-refractivity contribution in [3.63, 3.8) is 0 Å². The lowest BCUT2D eigenvalue weighted by atomic mass is 10.1. The quantitative estimate of drug-likeness (QED) is 0.411. The Bertz CT molecular complexity index is 129. The molecule has 0 nitrogen and oxygen atoms in total. The van der Waals surface area contributed by atoms with E-state index in [4.69, 9.17) is 0 Å². The maximum absolute atomic E-state index is 3.68. The van der Waals surface area contributed by atoms with E-state index in [0.717, 1.165) is 6.42 Å². The molecule has 0 amide bonds. The summed E-state index contributed by atoms with van der Waals surface area (Å²) in [6, 6.07) is 0. The lowest BCUT2D eigenvalue weighted by molar-refractivity contribution is 0.745. The Labute approximate surface area is 64.0 Å². The zero-order valence-electron chi connectivity index (χ0n) is 6.88. The lowest BCUT2D eigenvalue weighted by Gasteiger charge is -1.97. The van der Waals surface area contributed by atoms with Crippen molar-refractivity contribution < 1.29 is 0 Å². The van der Waals surface area contributed by atoms with Gasteiger partial charge in [0.2, 0.25) is 0 Å². The van der Waals surface area contributed by atoms with Crippen LogP contribution in [0.2, 0.25) is 0 Å². The van der Waals surface area contributed by atoms with Gasteiger partial charge in [-0.05, 0) is 19.3 Å². The van der Waals surface area contributed by atoms with E-state index in [0.29, 0.717) is 5.92 Å². The molecule has 1 atom stereocenters. The number of rotatable bonds is 4. The third kappa shape index (κ3) is 5.36. The molecule has 0 rings (SSSR count). The predicted octanol–water partition coefficient (Wildman–Crippen LogP) is 3.33. The van der Waals surface area contributed by atoms with Gasteiger partial charge in [-0.3, -0.25) is 0 Å². The molecule has 1 unspecified atom stereocenters.